The zero-order chi connectivity index (χ0) is 18.7. The van der Waals surface area contributed by atoms with Crippen LogP contribution in [0.5, 0.6) is 5.75 Å². The molecular weight excluding hydrogens is 396 g/mol. The maximum absolute atomic E-state index is 12.7. The first kappa shape index (κ1) is 18.5. The number of hydrogen-bond donors (Lipinski definition) is 1. The van der Waals surface area contributed by atoms with Gasteiger partial charge in [-0.3, -0.25) is 9.59 Å². The minimum Gasteiger partial charge on any atom is -0.495 e. The van der Waals surface area contributed by atoms with Crippen molar-refractivity contribution in [3.05, 3.63) is 52.5 Å². The summed E-state index contributed by atoms with van der Waals surface area (Å²) in [5, 5.41) is 2.98. The van der Waals surface area contributed by atoms with E-state index in [2.05, 4.69) is 21.2 Å². The van der Waals surface area contributed by atoms with Gasteiger partial charge in [0.05, 0.1) is 18.7 Å². The van der Waals surface area contributed by atoms with Crippen LogP contribution in [0.4, 0.5) is 11.4 Å². The molecule has 5 nitrogen and oxygen atoms in total. The maximum Gasteiger partial charge on any atom is 0.229 e. The summed E-state index contributed by atoms with van der Waals surface area (Å²) in [6.07, 6.45) is 1.01. The number of carbonyl (C=O) groups is 2. The lowest BCUT2D eigenvalue weighted by Crippen LogP contribution is -2.28. The first-order valence-electron chi connectivity index (χ1n) is 8.56. The summed E-state index contributed by atoms with van der Waals surface area (Å²) in [4.78, 5) is 26.8. The Morgan fingerprint density at radius 2 is 2.08 bits per heavy atom. The van der Waals surface area contributed by atoms with Gasteiger partial charge in [0.2, 0.25) is 11.8 Å². The van der Waals surface area contributed by atoms with Crippen molar-refractivity contribution in [1.82, 2.24) is 0 Å². The second kappa shape index (κ2) is 7.91. The van der Waals surface area contributed by atoms with E-state index in [1.165, 1.54) is 0 Å². The highest BCUT2D eigenvalue weighted by Crippen LogP contribution is 2.33. The number of benzene rings is 2. The van der Waals surface area contributed by atoms with Crippen molar-refractivity contribution in [3.8, 4) is 5.75 Å². The van der Waals surface area contributed by atoms with Gasteiger partial charge in [-0.2, -0.15) is 0 Å². The van der Waals surface area contributed by atoms with Crippen molar-refractivity contribution in [2.75, 3.05) is 23.9 Å². The quantitative estimate of drug-likeness (QED) is 0.800. The molecule has 1 aliphatic heterocycles. The smallest absolute Gasteiger partial charge is 0.229 e. The van der Waals surface area contributed by atoms with Crippen LogP contribution in [0.3, 0.4) is 0 Å². The van der Waals surface area contributed by atoms with Gasteiger partial charge in [-0.15, -0.1) is 0 Å². The van der Waals surface area contributed by atoms with Crippen LogP contribution in [0.15, 0.2) is 46.9 Å². The van der Waals surface area contributed by atoms with E-state index in [4.69, 9.17) is 4.74 Å². The Morgan fingerprint density at radius 3 is 2.81 bits per heavy atom. The summed E-state index contributed by atoms with van der Waals surface area (Å²) < 4.78 is 6.32. The summed E-state index contributed by atoms with van der Waals surface area (Å²) in [6, 6.07) is 13.1. The molecule has 1 heterocycles. The van der Waals surface area contributed by atoms with Crippen LogP contribution >= 0.6 is 15.9 Å². The lowest BCUT2D eigenvalue weighted by Gasteiger charge is -2.19. The molecule has 0 saturated carbocycles. The summed E-state index contributed by atoms with van der Waals surface area (Å²) in [5.74, 6) is 0.0396. The highest BCUT2D eigenvalue weighted by Gasteiger charge is 2.36. The fraction of sp³-hybridized carbons (Fsp3) is 0.300. The van der Waals surface area contributed by atoms with Gasteiger partial charge in [-0.1, -0.05) is 35.0 Å². The van der Waals surface area contributed by atoms with E-state index in [1.807, 2.05) is 49.4 Å². The largest absolute Gasteiger partial charge is 0.495 e. The molecule has 2 amide bonds. The molecule has 1 N–H and O–H groups in total. The number of halogens is 1. The Bertz CT molecular complexity index is 838. The van der Waals surface area contributed by atoms with Crippen molar-refractivity contribution in [3.63, 3.8) is 0 Å². The topological polar surface area (TPSA) is 58.6 Å². The maximum atomic E-state index is 12.7. The number of carbonyl (C=O) groups excluding carboxylic acids is 2. The Kier molecular flexibility index (Phi) is 5.61. The third kappa shape index (κ3) is 3.75. The van der Waals surface area contributed by atoms with Crippen LogP contribution in [0.2, 0.25) is 0 Å². The predicted molar refractivity (Wildman–Crippen MR) is 106 cm³/mol. The number of ether oxygens (including phenoxy) is 1. The van der Waals surface area contributed by atoms with E-state index in [-0.39, 0.29) is 24.2 Å². The van der Waals surface area contributed by atoms with Crippen LogP contribution < -0.4 is 15.0 Å². The molecule has 1 atom stereocenters. The fourth-order valence-electron chi connectivity index (χ4n) is 3.18. The van der Waals surface area contributed by atoms with Gasteiger partial charge in [-0.25, -0.2) is 0 Å². The summed E-state index contributed by atoms with van der Waals surface area (Å²) in [6.45, 7) is 2.39. The minimum atomic E-state index is -0.388. The molecule has 0 spiro atoms. The number of nitrogens with zero attached hydrogens (tertiary/aromatic N) is 1. The zero-order valence-electron chi connectivity index (χ0n) is 14.8. The molecule has 3 rings (SSSR count). The van der Waals surface area contributed by atoms with Crippen LogP contribution in [0, 0.1) is 5.92 Å². The van der Waals surface area contributed by atoms with E-state index < -0.39 is 0 Å². The normalized spacial score (nSPS) is 16.7. The molecule has 6 heteroatoms. The third-order valence-electron chi connectivity index (χ3n) is 4.58. The van der Waals surface area contributed by atoms with Crippen LogP contribution in [0.25, 0.3) is 0 Å². The monoisotopic (exact) mass is 416 g/mol. The number of rotatable bonds is 5. The van der Waals surface area contributed by atoms with Crippen molar-refractivity contribution in [2.24, 2.45) is 5.92 Å². The van der Waals surface area contributed by atoms with Gasteiger partial charge in [0.1, 0.15) is 5.75 Å². The average molecular weight is 417 g/mol. The summed E-state index contributed by atoms with van der Waals surface area (Å²) in [7, 11) is 1.57. The highest BCUT2D eigenvalue weighted by molar-refractivity contribution is 9.10. The third-order valence-corrected chi connectivity index (χ3v) is 5.07. The number of para-hydroxylation sites is 2. The molecule has 0 aromatic heterocycles. The standard InChI is InChI=1S/C20H21BrN2O3/c1-3-13-10-15(21)8-9-16(13)22-20(25)14-11-19(24)23(12-14)17-6-4-5-7-18(17)26-2/h4-10,14H,3,11-12H2,1-2H3,(H,22,25)/t14-/m1/s1. The minimum absolute atomic E-state index is 0.0684. The molecule has 0 radical (unpaired) electrons. The molecule has 1 saturated heterocycles. The predicted octanol–water partition coefficient (Wildman–Crippen LogP) is 4.01. The summed E-state index contributed by atoms with van der Waals surface area (Å²) in [5.41, 5.74) is 2.55. The molecule has 26 heavy (non-hydrogen) atoms. The number of methoxy groups -OCH3 is 1. The van der Waals surface area contributed by atoms with Crippen molar-refractivity contribution in [2.45, 2.75) is 19.8 Å². The molecule has 136 valence electrons. The van der Waals surface area contributed by atoms with E-state index in [0.29, 0.717) is 18.0 Å². The van der Waals surface area contributed by atoms with Crippen LogP contribution in [-0.2, 0) is 16.0 Å². The summed E-state index contributed by atoms with van der Waals surface area (Å²) >= 11 is 3.45. The molecule has 2 aromatic carbocycles. The first-order valence-corrected chi connectivity index (χ1v) is 9.35. The number of amides is 2. The first-order chi connectivity index (χ1) is 12.5. The van der Waals surface area contributed by atoms with Crippen molar-refractivity contribution >= 4 is 39.1 Å². The fourth-order valence-corrected chi connectivity index (χ4v) is 3.59. The van der Waals surface area contributed by atoms with Crippen LogP contribution in [-0.4, -0.2) is 25.5 Å². The number of anilines is 2. The number of aryl methyl sites for hydroxylation is 1. The average Bonchev–Trinajstić information content (AvgIpc) is 3.04. The second-order valence-corrected chi connectivity index (χ2v) is 7.14. The lowest BCUT2D eigenvalue weighted by atomic mass is 10.1. The Labute approximate surface area is 161 Å². The van der Waals surface area contributed by atoms with Gasteiger partial charge < -0.3 is 15.0 Å². The molecule has 2 aromatic rings. The van der Waals surface area contributed by atoms with Gasteiger partial charge in [0.15, 0.2) is 0 Å². The molecule has 0 bridgehead atoms. The second-order valence-electron chi connectivity index (χ2n) is 6.22. The number of nitrogens with one attached hydrogen (secondary N) is 1. The van der Waals surface area contributed by atoms with E-state index in [9.17, 15) is 9.59 Å². The number of hydrogen-bond acceptors (Lipinski definition) is 3. The van der Waals surface area contributed by atoms with Crippen molar-refractivity contribution < 1.29 is 14.3 Å². The van der Waals surface area contributed by atoms with Gasteiger partial charge >= 0.3 is 0 Å². The zero-order valence-corrected chi connectivity index (χ0v) is 16.4. The SMILES string of the molecule is CCc1cc(Br)ccc1NC(=O)[C@@H]1CC(=O)N(c2ccccc2OC)C1. The molecule has 1 aliphatic rings. The lowest BCUT2D eigenvalue weighted by molar-refractivity contribution is -0.122. The molecule has 0 unspecified atom stereocenters. The van der Waals surface area contributed by atoms with Gasteiger partial charge in [0, 0.05) is 23.1 Å². The molecule has 1 fully saturated rings. The van der Waals surface area contributed by atoms with Crippen LogP contribution in [0.1, 0.15) is 18.9 Å². The highest BCUT2D eigenvalue weighted by atomic mass is 79.9. The Hall–Kier alpha value is -2.34. The van der Waals surface area contributed by atoms with E-state index in [1.54, 1.807) is 12.0 Å². The van der Waals surface area contributed by atoms with Crippen molar-refractivity contribution in [1.29, 1.82) is 0 Å². The van der Waals surface area contributed by atoms with E-state index in [0.717, 1.165) is 22.1 Å². The van der Waals surface area contributed by atoms with E-state index >= 15 is 0 Å². The Balaban J connectivity index is 1.75. The van der Waals surface area contributed by atoms with Gasteiger partial charge in [0.25, 0.3) is 0 Å². The van der Waals surface area contributed by atoms with Gasteiger partial charge in [-0.05, 0) is 42.3 Å². The molecular formula is C20H21BrN2O3. The Morgan fingerprint density at radius 1 is 1.31 bits per heavy atom. The molecule has 0 aliphatic carbocycles.